The van der Waals surface area contributed by atoms with Crippen molar-refractivity contribution in [3.8, 4) is 0 Å². The molecule has 6 heteroatoms. The first-order valence-corrected chi connectivity index (χ1v) is 5.83. The van der Waals surface area contributed by atoms with E-state index in [1.54, 1.807) is 13.8 Å². The van der Waals surface area contributed by atoms with Gasteiger partial charge in [-0.25, -0.2) is 9.59 Å². The van der Waals surface area contributed by atoms with E-state index in [-0.39, 0.29) is 11.6 Å². The van der Waals surface area contributed by atoms with E-state index < -0.39 is 17.2 Å². The van der Waals surface area contributed by atoms with E-state index >= 15 is 0 Å². The minimum Gasteiger partial charge on any atom is -0.478 e. The van der Waals surface area contributed by atoms with Crippen LogP contribution in [0.3, 0.4) is 0 Å². The average molecular weight is 262 g/mol. The van der Waals surface area contributed by atoms with Gasteiger partial charge in [0.25, 0.3) is 5.56 Å². The van der Waals surface area contributed by atoms with E-state index in [0.29, 0.717) is 10.9 Å². The highest BCUT2D eigenvalue weighted by Gasteiger charge is 2.14. The molecule has 0 aliphatic heterocycles. The second-order valence-corrected chi connectivity index (χ2v) is 4.65. The summed E-state index contributed by atoms with van der Waals surface area (Å²) in [5.74, 6) is -1.10. The van der Waals surface area contributed by atoms with Crippen LogP contribution in [0.15, 0.2) is 27.8 Å². The van der Waals surface area contributed by atoms with Gasteiger partial charge in [0.05, 0.1) is 16.5 Å². The molecule has 0 fully saturated rings. The Bertz CT molecular complexity index is 784. The molecule has 19 heavy (non-hydrogen) atoms. The van der Waals surface area contributed by atoms with E-state index in [9.17, 15) is 14.4 Å². The zero-order chi connectivity index (χ0) is 14.3. The number of carboxylic acid groups (broad SMARTS) is 1. The molecular weight excluding hydrogens is 248 g/mol. The van der Waals surface area contributed by atoms with E-state index in [1.165, 1.54) is 29.8 Å². The molecule has 0 atom stereocenters. The Hall–Kier alpha value is -2.37. The summed E-state index contributed by atoms with van der Waals surface area (Å²) in [6.07, 6.45) is 0. The molecule has 0 saturated carbocycles. The first kappa shape index (κ1) is 13.1. The van der Waals surface area contributed by atoms with Gasteiger partial charge in [0, 0.05) is 13.1 Å². The van der Waals surface area contributed by atoms with Crippen LogP contribution in [0.25, 0.3) is 10.9 Å². The molecule has 2 rings (SSSR count). The minimum absolute atomic E-state index is 0.0456. The fraction of sp³-hybridized carbons (Fsp3) is 0.308. The lowest BCUT2D eigenvalue weighted by atomic mass is 10.1. The molecular formula is C13H14N2O4. The molecule has 0 amide bonds. The summed E-state index contributed by atoms with van der Waals surface area (Å²) in [7, 11) is 1.52. The number of aromatic nitrogens is 2. The minimum atomic E-state index is -1.10. The van der Waals surface area contributed by atoms with Gasteiger partial charge in [-0.2, -0.15) is 0 Å². The number of hydrogen-bond donors (Lipinski definition) is 1. The molecule has 0 aliphatic rings. The molecule has 0 spiro atoms. The zero-order valence-corrected chi connectivity index (χ0v) is 10.9. The van der Waals surface area contributed by atoms with Crippen molar-refractivity contribution < 1.29 is 9.90 Å². The van der Waals surface area contributed by atoms with E-state index in [4.69, 9.17) is 5.11 Å². The van der Waals surface area contributed by atoms with Crippen molar-refractivity contribution in [3.63, 3.8) is 0 Å². The van der Waals surface area contributed by atoms with Crippen molar-refractivity contribution in [2.24, 2.45) is 7.05 Å². The molecule has 6 nitrogen and oxygen atoms in total. The fourth-order valence-electron chi connectivity index (χ4n) is 2.06. The summed E-state index contributed by atoms with van der Waals surface area (Å²) in [6, 6.07) is 3.89. The van der Waals surface area contributed by atoms with Crippen LogP contribution in [0.1, 0.15) is 30.2 Å². The van der Waals surface area contributed by atoms with Crippen molar-refractivity contribution in [3.05, 3.63) is 44.6 Å². The maximum absolute atomic E-state index is 12.2. The van der Waals surface area contributed by atoms with E-state index in [2.05, 4.69) is 0 Å². The van der Waals surface area contributed by atoms with Gasteiger partial charge in [0.2, 0.25) is 0 Å². The van der Waals surface area contributed by atoms with Crippen LogP contribution in [-0.4, -0.2) is 20.2 Å². The number of carboxylic acids is 1. The van der Waals surface area contributed by atoms with Crippen LogP contribution in [0, 0.1) is 0 Å². The molecule has 1 aromatic heterocycles. The lowest BCUT2D eigenvalue weighted by Gasteiger charge is -2.13. The molecule has 1 aromatic carbocycles. The average Bonchev–Trinajstić information content (AvgIpc) is 2.35. The highest BCUT2D eigenvalue weighted by molar-refractivity contribution is 5.92. The van der Waals surface area contributed by atoms with Gasteiger partial charge in [-0.1, -0.05) is 0 Å². The summed E-state index contributed by atoms with van der Waals surface area (Å²) in [5.41, 5.74) is -0.476. The SMILES string of the molecule is CC(C)n1c(=O)c2ccc(C(=O)O)cc2n(C)c1=O. The Balaban J connectivity index is 2.98. The number of carbonyl (C=O) groups is 1. The molecule has 1 heterocycles. The Morgan fingerprint density at radius 2 is 1.89 bits per heavy atom. The van der Waals surface area contributed by atoms with Crippen LogP contribution in [-0.2, 0) is 7.05 Å². The van der Waals surface area contributed by atoms with Crippen molar-refractivity contribution in [1.82, 2.24) is 9.13 Å². The summed E-state index contributed by atoms with van der Waals surface area (Å²) in [6.45, 7) is 3.50. The lowest BCUT2D eigenvalue weighted by Crippen LogP contribution is -2.40. The zero-order valence-electron chi connectivity index (χ0n) is 10.9. The Morgan fingerprint density at radius 1 is 1.26 bits per heavy atom. The largest absolute Gasteiger partial charge is 0.478 e. The Labute approximate surface area is 108 Å². The van der Waals surface area contributed by atoms with Crippen molar-refractivity contribution in [2.45, 2.75) is 19.9 Å². The summed E-state index contributed by atoms with van der Waals surface area (Å²) in [4.78, 5) is 35.3. The van der Waals surface area contributed by atoms with Crippen LogP contribution < -0.4 is 11.2 Å². The third-order valence-electron chi connectivity index (χ3n) is 3.06. The normalized spacial score (nSPS) is 11.2. The van der Waals surface area contributed by atoms with Gasteiger partial charge in [0.1, 0.15) is 0 Å². The number of aryl methyl sites for hydroxylation is 1. The Morgan fingerprint density at radius 3 is 2.42 bits per heavy atom. The van der Waals surface area contributed by atoms with Crippen molar-refractivity contribution >= 4 is 16.9 Å². The topological polar surface area (TPSA) is 81.3 Å². The molecule has 100 valence electrons. The maximum atomic E-state index is 12.2. The number of benzene rings is 1. The lowest BCUT2D eigenvalue weighted by molar-refractivity contribution is 0.0697. The number of aromatic carboxylic acids is 1. The molecule has 0 radical (unpaired) electrons. The van der Waals surface area contributed by atoms with Crippen LogP contribution in [0.5, 0.6) is 0 Å². The van der Waals surface area contributed by atoms with Gasteiger partial charge >= 0.3 is 11.7 Å². The number of hydrogen-bond acceptors (Lipinski definition) is 3. The highest BCUT2D eigenvalue weighted by Crippen LogP contribution is 2.11. The molecule has 0 aliphatic carbocycles. The van der Waals surface area contributed by atoms with Crippen molar-refractivity contribution in [2.75, 3.05) is 0 Å². The number of nitrogens with zero attached hydrogens (tertiary/aromatic N) is 2. The molecule has 2 aromatic rings. The molecule has 0 saturated heterocycles. The fourth-order valence-corrected chi connectivity index (χ4v) is 2.06. The molecule has 0 bridgehead atoms. The highest BCUT2D eigenvalue weighted by atomic mass is 16.4. The van der Waals surface area contributed by atoms with Crippen molar-refractivity contribution in [1.29, 1.82) is 0 Å². The Kier molecular flexibility index (Phi) is 3.01. The second-order valence-electron chi connectivity index (χ2n) is 4.65. The standard InChI is InChI=1S/C13H14N2O4/c1-7(2)15-11(16)9-5-4-8(12(17)18)6-10(9)14(3)13(15)19/h4-7H,1-3H3,(H,17,18). The van der Waals surface area contributed by atoms with Gasteiger partial charge in [0.15, 0.2) is 0 Å². The van der Waals surface area contributed by atoms with Crippen LogP contribution in [0.4, 0.5) is 0 Å². The predicted molar refractivity (Wildman–Crippen MR) is 70.8 cm³/mol. The monoisotopic (exact) mass is 262 g/mol. The second kappa shape index (κ2) is 4.38. The first-order valence-electron chi connectivity index (χ1n) is 5.83. The first-order chi connectivity index (χ1) is 8.84. The molecule has 0 unspecified atom stereocenters. The maximum Gasteiger partial charge on any atom is 0.335 e. The van der Waals surface area contributed by atoms with Gasteiger partial charge in [-0.3, -0.25) is 13.9 Å². The number of fused-ring (bicyclic) bond motifs is 1. The van der Waals surface area contributed by atoms with E-state index in [0.717, 1.165) is 4.57 Å². The van der Waals surface area contributed by atoms with E-state index in [1.807, 2.05) is 0 Å². The van der Waals surface area contributed by atoms with Gasteiger partial charge in [-0.15, -0.1) is 0 Å². The van der Waals surface area contributed by atoms with Crippen LogP contribution in [0.2, 0.25) is 0 Å². The smallest absolute Gasteiger partial charge is 0.335 e. The summed E-state index contributed by atoms with van der Waals surface area (Å²) >= 11 is 0. The van der Waals surface area contributed by atoms with Crippen LogP contribution >= 0.6 is 0 Å². The molecule has 1 N–H and O–H groups in total. The summed E-state index contributed by atoms with van der Waals surface area (Å²) < 4.78 is 2.45. The predicted octanol–water partition coefficient (Wildman–Crippen LogP) is 0.979. The summed E-state index contributed by atoms with van der Waals surface area (Å²) in [5, 5.41) is 9.28. The van der Waals surface area contributed by atoms with Gasteiger partial charge < -0.3 is 5.11 Å². The number of rotatable bonds is 2. The quantitative estimate of drug-likeness (QED) is 0.874. The third-order valence-corrected chi connectivity index (χ3v) is 3.06. The third kappa shape index (κ3) is 1.95. The van der Waals surface area contributed by atoms with Gasteiger partial charge in [-0.05, 0) is 32.0 Å².